The summed E-state index contributed by atoms with van der Waals surface area (Å²) in [6.07, 6.45) is 0. The van der Waals surface area contributed by atoms with E-state index in [9.17, 15) is 0 Å². The van der Waals surface area contributed by atoms with Crippen LogP contribution in [-0.4, -0.2) is 18.3 Å². The van der Waals surface area contributed by atoms with Gasteiger partial charge in [-0.1, -0.05) is 36.4 Å². The average Bonchev–Trinajstić information content (AvgIpc) is 3.06. The first-order valence-electron chi connectivity index (χ1n) is 8.30. The van der Waals surface area contributed by atoms with E-state index >= 15 is 0 Å². The van der Waals surface area contributed by atoms with E-state index in [4.69, 9.17) is 9.31 Å². The highest BCUT2D eigenvalue weighted by Crippen LogP contribution is 2.37. The number of hydrogen-bond donors (Lipinski definition) is 0. The Hall–Kier alpha value is -1.62. The van der Waals surface area contributed by atoms with Crippen LogP contribution in [0.25, 0.3) is 21.2 Å². The van der Waals surface area contributed by atoms with Gasteiger partial charge in [0.1, 0.15) is 0 Å². The van der Waals surface area contributed by atoms with Gasteiger partial charge in [0.2, 0.25) is 0 Å². The van der Waals surface area contributed by atoms with Crippen LogP contribution in [0.5, 0.6) is 0 Å². The molecule has 24 heavy (non-hydrogen) atoms. The molecule has 122 valence electrons. The average molecular weight is 336 g/mol. The molecule has 2 heterocycles. The van der Waals surface area contributed by atoms with E-state index in [2.05, 4.69) is 76.2 Å². The quantitative estimate of drug-likeness (QED) is 0.622. The summed E-state index contributed by atoms with van der Waals surface area (Å²) in [5.41, 5.74) is 1.87. The van der Waals surface area contributed by atoms with Gasteiger partial charge in [-0.25, -0.2) is 0 Å². The van der Waals surface area contributed by atoms with Gasteiger partial charge >= 0.3 is 7.12 Å². The predicted octanol–water partition coefficient (Wildman–Crippen LogP) is 4.87. The molecule has 4 heteroatoms. The molecule has 0 N–H and O–H groups in total. The van der Waals surface area contributed by atoms with Crippen molar-refractivity contribution < 1.29 is 9.31 Å². The van der Waals surface area contributed by atoms with E-state index in [1.165, 1.54) is 21.2 Å². The molecular formula is C20H21BO2S. The van der Waals surface area contributed by atoms with Crippen molar-refractivity contribution in [3.05, 3.63) is 54.6 Å². The van der Waals surface area contributed by atoms with Crippen molar-refractivity contribution in [2.24, 2.45) is 0 Å². The molecule has 0 saturated carbocycles. The van der Waals surface area contributed by atoms with Crippen molar-refractivity contribution in [3.8, 4) is 11.1 Å². The standard InChI is InChI=1S/C20H21BO2S/c1-19(2)20(3,4)23-21(22-19)18-13-16-12-15(10-11-17(16)24-18)14-8-6-5-7-9-14/h5-13H,1-4H3. The third-order valence-electron chi connectivity index (χ3n) is 5.13. The third-order valence-corrected chi connectivity index (χ3v) is 6.27. The monoisotopic (exact) mass is 336 g/mol. The van der Waals surface area contributed by atoms with Crippen molar-refractivity contribution in [1.82, 2.24) is 0 Å². The fourth-order valence-electron chi connectivity index (χ4n) is 2.95. The summed E-state index contributed by atoms with van der Waals surface area (Å²) in [6.45, 7) is 8.36. The molecule has 0 aliphatic carbocycles. The Kier molecular flexibility index (Phi) is 3.61. The maximum Gasteiger partial charge on any atom is 0.505 e. The van der Waals surface area contributed by atoms with Crippen molar-refractivity contribution in [2.75, 3.05) is 0 Å². The third kappa shape index (κ3) is 2.59. The highest BCUT2D eigenvalue weighted by Gasteiger charge is 2.52. The maximum absolute atomic E-state index is 6.18. The van der Waals surface area contributed by atoms with Crippen LogP contribution >= 0.6 is 11.3 Å². The molecule has 0 spiro atoms. The van der Waals surface area contributed by atoms with Gasteiger partial charge in [-0.2, -0.15) is 0 Å². The SMILES string of the molecule is CC1(C)OB(c2cc3cc(-c4ccccc4)ccc3s2)OC1(C)C. The summed E-state index contributed by atoms with van der Waals surface area (Å²) in [7, 11) is -0.285. The molecule has 0 unspecified atom stereocenters. The maximum atomic E-state index is 6.18. The van der Waals surface area contributed by atoms with E-state index in [0.29, 0.717) is 0 Å². The lowest BCUT2D eigenvalue weighted by atomic mass is 9.87. The minimum Gasteiger partial charge on any atom is -0.399 e. The number of fused-ring (bicyclic) bond motifs is 1. The van der Waals surface area contributed by atoms with Crippen LogP contribution in [0.2, 0.25) is 0 Å². The molecule has 0 atom stereocenters. The Morgan fingerprint density at radius 1 is 0.792 bits per heavy atom. The van der Waals surface area contributed by atoms with Crippen LogP contribution in [0.1, 0.15) is 27.7 Å². The second-order valence-electron chi connectivity index (χ2n) is 7.36. The van der Waals surface area contributed by atoms with Gasteiger partial charge in [0.25, 0.3) is 0 Å². The van der Waals surface area contributed by atoms with Gasteiger partial charge in [0, 0.05) is 9.48 Å². The molecular weight excluding hydrogens is 315 g/mol. The van der Waals surface area contributed by atoms with Gasteiger partial charge in [-0.05, 0) is 62.4 Å². The van der Waals surface area contributed by atoms with Gasteiger partial charge in [0.05, 0.1) is 11.2 Å². The van der Waals surface area contributed by atoms with Crippen LogP contribution in [0, 0.1) is 0 Å². The number of hydrogen-bond acceptors (Lipinski definition) is 3. The van der Waals surface area contributed by atoms with Gasteiger partial charge in [-0.15, -0.1) is 11.3 Å². The molecule has 3 aromatic rings. The lowest BCUT2D eigenvalue weighted by Gasteiger charge is -2.32. The highest BCUT2D eigenvalue weighted by molar-refractivity contribution is 7.28. The Morgan fingerprint density at radius 2 is 1.46 bits per heavy atom. The zero-order valence-corrected chi connectivity index (χ0v) is 15.3. The Labute approximate surface area is 147 Å². The molecule has 0 radical (unpaired) electrons. The second-order valence-corrected chi connectivity index (χ2v) is 8.47. The zero-order valence-electron chi connectivity index (χ0n) is 14.5. The number of thiophene rings is 1. The molecule has 1 aromatic heterocycles. The minimum absolute atomic E-state index is 0.285. The van der Waals surface area contributed by atoms with E-state index in [1.807, 2.05) is 6.07 Å². The fourth-order valence-corrected chi connectivity index (χ4v) is 3.95. The van der Waals surface area contributed by atoms with Crippen molar-refractivity contribution >= 4 is 33.3 Å². The zero-order chi connectivity index (χ0) is 16.9. The highest BCUT2D eigenvalue weighted by atomic mass is 32.1. The summed E-state index contributed by atoms with van der Waals surface area (Å²) in [5, 5.41) is 1.24. The van der Waals surface area contributed by atoms with Crippen LogP contribution in [0.15, 0.2) is 54.6 Å². The first-order valence-corrected chi connectivity index (χ1v) is 9.12. The minimum atomic E-state index is -0.303. The second kappa shape index (κ2) is 5.45. The molecule has 2 aromatic carbocycles. The molecule has 0 amide bonds. The lowest BCUT2D eigenvalue weighted by Crippen LogP contribution is -2.41. The fraction of sp³-hybridized carbons (Fsp3) is 0.300. The molecule has 1 aliphatic rings. The normalized spacial score (nSPS) is 19.1. The van der Waals surface area contributed by atoms with Gasteiger partial charge in [0.15, 0.2) is 0 Å². The topological polar surface area (TPSA) is 18.5 Å². The van der Waals surface area contributed by atoms with E-state index < -0.39 is 0 Å². The molecule has 1 fully saturated rings. The van der Waals surface area contributed by atoms with Crippen LogP contribution in [0.3, 0.4) is 0 Å². The number of rotatable bonds is 2. The molecule has 1 aliphatic heterocycles. The van der Waals surface area contributed by atoms with Gasteiger partial charge < -0.3 is 9.31 Å². The summed E-state index contributed by atoms with van der Waals surface area (Å²) in [5.74, 6) is 0. The molecule has 1 saturated heterocycles. The Balaban J connectivity index is 1.70. The van der Waals surface area contributed by atoms with E-state index in [-0.39, 0.29) is 18.3 Å². The van der Waals surface area contributed by atoms with Crippen molar-refractivity contribution in [1.29, 1.82) is 0 Å². The van der Waals surface area contributed by atoms with E-state index in [1.54, 1.807) is 11.3 Å². The largest absolute Gasteiger partial charge is 0.505 e. The summed E-state index contributed by atoms with van der Waals surface area (Å²) in [4.78, 5) is 0. The Morgan fingerprint density at radius 3 is 2.12 bits per heavy atom. The summed E-state index contributed by atoms with van der Waals surface area (Å²) in [6, 6.07) is 19.3. The lowest BCUT2D eigenvalue weighted by molar-refractivity contribution is 0.00578. The molecule has 2 nitrogen and oxygen atoms in total. The predicted molar refractivity (Wildman–Crippen MR) is 103 cm³/mol. The number of benzene rings is 2. The smallest absolute Gasteiger partial charge is 0.399 e. The van der Waals surface area contributed by atoms with Crippen molar-refractivity contribution in [2.45, 2.75) is 38.9 Å². The van der Waals surface area contributed by atoms with Crippen molar-refractivity contribution in [3.63, 3.8) is 0 Å². The van der Waals surface area contributed by atoms with Crippen LogP contribution < -0.4 is 4.78 Å². The summed E-state index contributed by atoms with van der Waals surface area (Å²) >= 11 is 1.75. The molecule has 0 bridgehead atoms. The van der Waals surface area contributed by atoms with Crippen LogP contribution in [-0.2, 0) is 9.31 Å². The summed E-state index contributed by atoms with van der Waals surface area (Å²) < 4.78 is 14.8. The van der Waals surface area contributed by atoms with Crippen LogP contribution in [0.4, 0.5) is 0 Å². The first kappa shape index (κ1) is 15.9. The van der Waals surface area contributed by atoms with Gasteiger partial charge in [-0.3, -0.25) is 0 Å². The van der Waals surface area contributed by atoms with E-state index in [0.717, 1.165) is 4.78 Å². The molecule has 4 rings (SSSR count). The first-order chi connectivity index (χ1) is 11.4. The Bertz CT molecular complexity index is 867.